The molecule has 2 heterocycles. The van der Waals surface area contributed by atoms with Crippen LogP contribution in [0.5, 0.6) is 0 Å². The second kappa shape index (κ2) is 6.85. The molecule has 1 aromatic rings. The van der Waals surface area contributed by atoms with Gasteiger partial charge >= 0.3 is 0 Å². The summed E-state index contributed by atoms with van der Waals surface area (Å²) in [5, 5.41) is 13.9. The fraction of sp³-hybridized carbons (Fsp3) is 0.571. The molecule has 1 aliphatic heterocycles. The molecule has 1 fully saturated rings. The van der Waals surface area contributed by atoms with Crippen LogP contribution < -0.4 is 5.32 Å². The SMILES string of the molecule is CC(=O)NC(CC(=O)N1CCC(CO)C1)c1cccs1. The lowest BCUT2D eigenvalue weighted by Gasteiger charge is -2.21. The smallest absolute Gasteiger partial charge is 0.225 e. The highest BCUT2D eigenvalue weighted by atomic mass is 32.1. The monoisotopic (exact) mass is 296 g/mol. The van der Waals surface area contributed by atoms with Gasteiger partial charge in [-0.1, -0.05) is 6.07 Å². The van der Waals surface area contributed by atoms with Crippen molar-refractivity contribution in [1.82, 2.24) is 10.2 Å². The van der Waals surface area contributed by atoms with E-state index in [9.17, 15) is 9.59 Å². The highest BCUT2D eigenvalue weighted by Gasteiger charge is 2.28. The van der Waals surface area contributed by atoms with Crippen LogP contribution in [0.4, 0.5) is 0 Å². The average molecular weight is 296 g/mol. The molecule has 2 amide bonds. The van der Waals surface area contributed by atoms with E-state index in [1.165, 1.54) is 18.3 Å². The van der Waals surface area contributed by atoms with Gasteiger partial charge in [0.05, 0.1) is 12.5 Å². The summed E-state index contributed by atoms with van der Waals surface area (Å²) >= 11 is 1.54. The summed E-state index contributed by atoms with van der Waals surface area (Å²) in [6, 6.07) is 3.59. The molecule has 0 aromatic carbocycles. The average Bonchev–Trinajstić information content (AvgIpc) is 3.08. The molecule has 1 saturated heterocycles. The quantitative estimate of drug-likeness (QED) is 0.856. The lowest BCUT2D eigenvalue weighted by molar-refractivity contribution is -0.131. The summed E-state index contributed by atoms with van der Waals surface area (Å²) < 4.78 is 0. The van der Waals surface area contributed by atoms with Crippen LogP contribution in [-0.4, -0.2) is 41.5 Å². The van der Waals surface area contributed by atoms with Gasteiger partial charge in [-0.15, -0.1) is 11.3 Å². The molecule has 0 bridgehead atoms. The van der Waals surface area contributed by atoms with Crippen molar-refractivity contribution >= 4 is 23.2 Å². The maximum atomic E-state index is 12.3. The van der Waals surface area contributed by atoms with Gasteiger partial charge in [-0.3, -0.25) is 9.59 Å². The first-order chi connectivity index (χ1) is 9.60. The number of carbonyl (C=O) groups excluding carboxylic acids is 2. The largest absolute Gasteiger partial charge is 0.396 e. The topological polar surface area (TPSA) is 69.6 Å². The maximum absolute atomic E-state index is 12.3. The molecule has 1 aliphatic rings. The lowest BCUT2D eigenvalue weighted by Crippen LogP contribution is -2.34. The molecule has 0 radical (unpaired) electrons. The molecule has 6 heteroatoms. The number of aliphatic hydroxyl groups is 1. The van der Waals surface area contributed by atoms with Crippen LogP contribution in [0.2, 0.25) is 0 Å². The first-order valence-electron chi connectivity index (χ1n) is 6.79. The van der Waals surface area contributed by atoms with E-state index in [2.05, 4.69) is 5.32 Å². The van der Waals surface area contributed by atoms with Gasteiger partial charge in [0.1, 0.15) is 0 Å². The Bertz CT molecular complexity index is 461. The number of likely N-dealkylation sites (tertiary alicyclic amines) is 1. The Morgan fingerprint density at radius 2 is 2.40 bits per heavy atom. The van der Waals surface area contributed by atoms with E-state index >= 15 is 0 Å². The van der Waals surface area contributed by atoms with Gasteiger partial charge in [-0.05, 0) is 17.9 Å². The zero-order valence-corrected chi connectivity index (χ0v) is 12.4. The molecule has 0 saturated carbocycles. The minimum absolute atomic E-state index is 0.0353. The van der Waals surface area contributed by atoms with Crippen LogP contribution in [0, 0.1) is 5.92 Å². The van der Waals surface area contributed by atoms with Crippen molar-refractivity contribution in [3.05, 3.63) is 22.4 Å². The van der Waals surface area contributed by atoms with Crippen LogP contribution in [0.3, 0.4) is 0 Å². The predicted octanol–water partition coefficient (Wildman–Crippen LogP) is 1.16. The second-order valence-electron chi connectivity index (χ2n) is 5.15. The number of carbonyl (C=O) groups is 2. The van der Waals surface area contributed by atoms with Gasteiger partial charge in [-0.2, -0.15) is 0 Å². The molecule has 0 aliphatic carbocycles. The van der Waals surface area contributed by atoms with Crippen LogP contribution in [0.1, 0.15) is 30.7 Å². The Labute approximate surface area is 122 Å². The van der Waals surface area contributed by atoms with Crippen molar-refractivity contribution in [2.75, 3.05) is 19.7 Å². The van der Waals surface area contributed by atoms with Gasteiger partial charge in [-0.25, -0.2) is 0 Å². The zero-order chi connectivity index (χ0) is 14.5. The number of amides is 2. The number of aliphatic hydroxyl groups excluding tert-OH is 1. The molecule has 1 aromatic heterocycles. The Kier molecular flexibility index (Phi) is 5.14. The van der Waals surface area contributed by atoms with Crippen molar-refractivity contribution in [3.8, 4) is 0 Å². The van der Waals surface area contributed by atoms with Crippen molar-refractivity contribution in [1.29, 1.82) is 0 Å². The van der Waals surface area contributed by atoms with Gasteiger partial charge in [0.2, 0.25) is 11.8 Å². The molecular formula is C14H20N2O3S. The minimum Gasteiger partial charge on any atom is -0.396 e. The Morgan fingerprint density at radius 3 is 2.95 bits per heavy atom. The molecule has 0 spiro atoms. The molecule has 5 nitrogen and oxygen atoms in total. The molecule has 20 heavy (non-hydrogen) atoms. The highest BCUT2D eigenvalue weighted by molar-refractivity contribution is 7.10. The van der Waals surface area contributed by atoms with Crippen molar-refractivity contribution in [2.45, 2.75) is 25.8 Å². The molecular weight excluding hydrogens is 276 g/mol. The number of hydrogen-bond donors (Lipinski definition) is 2. The summed E-state index contributed by atoms with van der Waals surface area (Å²) in [7, 11) is 0. The van der Waals surface area contributed by atoms with Crippen LogP contribution in [0.15, 0.2) is 17.5 Å². The fourth-order valence-electron chi connectivity index (χ4n) is 2.47. The lowest BCUT2D eigenvalue weighted by atomic mass is 10.1. The number of thiophene rings is 1. The third kappa shape index (κ3) is 3.80. The molecule has 2 unspecified atom stereocenters. The first-order valence-corrected chi connectivity index (χ1v) is 7.67. The maximum Gasteiger partial charge on any atom is 0.225 e. The third-order valence-electron chi connectivity index (χ3n) is 3.54. The van der Waals surface area contributed by atoms with E-state index in [0.717, 1.165) is 11.3 Å². The summed E-state index contributed by atoms with van der Waals surface area (Å²) in [4.78, 5) is 26.4. The summed E-state index contributed by atoms with van der Waals surface area (Å²) in [5.41, 5.74) is 0. The van der Waals surface area contributed by atoms with Crippen LogP contribution >= 0.6 is 11.3 Å². The predicted molar refractivity (Wildman–Crippen MR) is 77.3 cm³/mol. The van der Waals surface area contributed by atoms with E-state index in [0.29, 0.717) is 13.1 Å². The molecule has 110 valence electrons. The van der Waals surface area contributed by atoms with E-state index in [1.807, 2.05) is 17.5 Å². The summed E-state index contributed by atoms with van der Waals surface area (Å²) in [6.07, 6.45) is 1.13. The Hall–Kier alpha value is -1.40. The van der Waals surface area contributed by atoms with Crippen molar-refractivity contribution < 1.29 is 14.7 Å². The normalized spacial score (nSPS) is 19.9. The molecule has 2 atom stereocenters. The minimum atomic E-state index is -0.256. The standard InChI is InChI=1S/C14H20N2O3S/c1-10(18)15-12(13-3-2-6-20-13)7-14(19)16-5-4-11(8-16)9-17/h2-3,6,11-12,17H,4-5,7-9H2,1H3,(H,15,18). The molecule has 2 N–H and O–H groups in total. The second-order valence-corrected chi connectivity index (χ2v) is 6.13. The van der Waals surface area contributed by atoms with Gasteiger partial charge < -0.3 is 15.3 Å². The Balaban J connectivity index is 1.97. The summed E-state index contributed by atoms with van der Waals surface area (Å²) in [6.45, 7) is 2.90. The first kappa shape index (κ1) is 15.0. The van der Waals surface area contributed by atoms with Crippen molar-refractivity contribution in [3.63, 3.8) is 0 Å². The van der Waals surface area contributed by atoms with E-state index in [4.69, 9.17) is 5.11 Å². The number of nitrogens with one attached hydrogen (secondary N) is 1. The number of rotatable bonds is 5. The number of hydrogen-bond acceptors (Lipinski definition) is 4. The zero-order valence-electron chi connectivity index (χ0n) is 11.5. The highest BCUT2D eigenvalue weighted by Crippen LogP contribution is 2.24. The van der Waals surface area contributed by atoms with Crippen molar-refractivity contribution in [2.24, 2.45) is 5.92 Å². The fourth-order valence-corrected chi connectivity index (χ4v) is 3.25. The molecule has 2 rings (SSSR count). The van der Waals surface area contributed by atoms with Crippen LogP contribution in [0.25, 0.3) is 0 Å². The summed E-state index contributed by atoms with van der Waals surface area (Å²) in [5.74, 6) is 0.0962. The van der Waals surface area contributed by atoms with E-state index < -0.39 is 0 Å². The number of nitrogens with zero attached hydrogens (tertiary/aromatic N) is 1. The van der Waals surface area contributed by atoms with Gasteiger partial charge in [0.15, 0.2) is 0 Å². The van der Waals surface area contributed by atoms with Gasteiger partial charge in [0, 0.05) is 37.4 Å². The third-order valence-corrected chi connectivity index (χ3v) is 4.53. The van der Waals surface area contributed by atoms with E-state index in [1.54, 1.807) is 4.90 Å². The van der Waals surface area contributed by atoms with Crippen LogP contribution in [-0.2, 0) is 9.59 Å². The van der Waals surface area contributed by atoms with E-state index in [-0.39, 0.29) is 36.8 Å². The van der Waals surface area contributed by atoms with Gasteiger partial charge in [0.25, 0.3) is 0 Å². The Morgan fingerprint density at radius 1 is 1.60 bits per heavy atom.